The van der Waals surface area contributed by atoms with E-state index < -0.39 is 0 Å². The van der Waals surface area contributed by atoms with E-state index in [-0.39, 0.29) is 12.4 Å². The zero-order chi connectivity index (χ0) is 24.5. The van der Waals surface area contributed by atoms with E-state index in [1.54, 1.807) is 0 Å². The van der Waals surface area contributed by atoms with E-state index in [9.17, 15) is 0 Å². The highest BCUT2D eigenvalue weighted by Gasteiger charge is 2.08. The number of nitrogens with zero attached hydrogens (tertiary/aromatic N) is 1. The molecule has 3 rings (SSSR count). The second-order valence-electron chi connectivity index (χ2n) is 9.87. The van der Waals surface area contributed by atoms with E-state index in [0.29, 0.717) is 0 Å². The van der Waals surface area contributed by atoms with Crippen LogP contribution in [0.4, 0.5) is 11.4 Å². The average molecular weight is 494 g/mol. The average Bonchev–Trinajstić information content (AvgIpc) is 2.77. The Hall–Kier alpha value is -2.49. The molecule has 0 radical (unpaired) electrons. The second kappa shape index (κ2) is 14.2. The van der Waals surface area contributed by atoms with Crippen LogP contribution in [0.5, 0.6) is 0 Å². The van der Waals surface area contributed by atoms with E-state index in [1.807, 2.05) is 0 Å². The normalized spacial score (nSPS) is 10.8. The van der Waals surface area contributed by atoms with Gasteiger partial charge in [-0.2, -0.15) is 0 Å². The van der Waals surface area contributed by atoms with Gasteiger partial charge >= 0.3 is 0 Å². The predicted octanol–water partition coefficient (Wildman–Crippen LogP) is 7.77. The van der Waals surface area contributed by atoms with Crippen LogP contribution in [0.3, 0.4) is 0 Å². The van der Waals surface area contributed by atoms with Crippen LogP contribution in [-0.4, -0.2) is 31.1 Å². The Labute approximate surface area is 219 Å². The Kier molecular flexibility index (Phi) is 11.6. The number of benzene rings is 3. The van der Waals surface area contributed by atoms with Gasteiger partial charge in [0.05, 0.1) is 0 Å². The first-order valence-corrected chi connectivity index (χ1v) is 12.7. The molecule has 0 unspecified atom stereocenters. The van der Waals surface area contributed by atoms with E-state index in [1.165, 1.54) is 50.3 Å². The van der Waals surface area contributed by atoms with Gasteiger partial charge in [0.25, 0.3) is 0 Å². The summed E-state index contributed by atoms with van der Waals surface area (Å²) < 4.78 is 0. The van der Waals surface area contributed by atoms with Crippen LogP contribution < -0.4 is 10.6 Å². The van der Waals surface area contributed by atoms with E-state index in [2.05, 4.69) is 112 Å². The summed E-state index contributed by atoms with van der Waals surface area (Å²) in [5, 5.41) is 7.39. The van der Waals surface area contributed by atoms with Crippen LogP contribution >= 0.6 is 12.4 Å². The molecule has 0 aliphatic rings. The van der Waals surface area contributed by atoms with Crippen molar-refractivity contribution in [2.24, 2.45) is 0 Å². The minimum Gasteiger partial charge on any atom is -0.385 e. The molecular formula is C31H44ClN3. The zero-order valence-corrected chi connectivity index (χ0v) is 23.3. The zero-order valence-electron chi connectivity index (χ0n) is 22.5. The number of nitrogens with one attached hydrogen (secondary N) is 2. The Morgan fingerprint density at radius 2 is 1.00 bits per heavy atom. The van der Waals surface area contributed by atoms with Crippen molar-refractivity contribution >= 4 is 23.8 Å². The van der Waals surface area contributed by atoms with Crippen molar-refractivity contribution in [2.45, 2.75) is 60.9 Å². The van der Waals surface area contributed by atoms with Crippen molar-refractivity contribution in [3.05, 3.63) is 93.5 Å². The highest BCUT2D eigenvalue weighted by Crippen LogP contribution is 2.23. The number of hydrogen-bond donors (Lipinski definition) is 2. The Morgan fingerprint density at radius 3 is 1.40 bits per heavy atom. The fraction of sp³-hybridized carbons (Fsp3) is 0.419. The van der Waals surface area contributed by atoms with Gasteiger partial charge in [-0.15, -0.1) is 12.4 Å². The molecule has 0 aliphatic heterocycles. The maximum Gasteiger partial charge on any atom is 0.0399 e. The van der Waals surface area contributed by atoms with Crippen molar-refractivity contribution in [2.75, 3.05) is 36.8 Å². The van der Waals surface area contributed by atoms with Crippen LogP contribution in [0.1, 0.15) is 51.8 Å². The van der Waals surface area contributed by atoms with Crippen LogP contribution in [-0.2, 0) is 6.54 Å². The van der Waals surface area contributed by atoms with Gasteiger partial charge in [-0.3, -0.25) is 4.90 Å². The lowest BCUT2D eigenvalue weighted by atomic mass is 10.1. The van der Waals surface area contributed by atoms with E-state index in [4.69, 9.17) is 0 Å². The van der Waals surface area contributed by atoms with E-state index in [0.717, 1.165) is 45.6 Å². The lowest BCUT2D eigenvalue weighted by Gasteiger charge is -2.23. The molecule has 0 amide bonds. The van der Waals surface area contributed by atoms with Crippen LogP contribution in [0.15, 0.2) is 54.6 Å². The molecule has 35 heavy (non-hydrogen) atoms. The summed E-state index contributed by atoms with van der Waals surface area (Å²) in [6.45, 7) is 18.3. The Balaban J connectivity index is 0.00000432. The number of halogens is 1. The van der Waals surface area contributed by atoms with Gasteiger partial charge in [-0.1, -0.05) is 65.7 Å². The first kappa shape index (κ1) is 28.7. The summed E-state index contributed by atoms with van der Waals surface area (Å²) in [6.07, 6.45) is 2.26. The Morgan fingerprint density at radius 1 is 0.600 bits per heavy atom. The molecule has 190 valence electrons. The summed E-state index contributed by atoms with van der Waals surface area (Å²) in [5.74, 6) is 0. The number of hydrogen-bond acceptors (Lipinski definition) is 3. The third kappa shape index (κ3) is 8.91. The minimum absolute atomic E-state index is 0. The molecule has 2 N–H and O–H groups in total. The van der Waals surface area contributed by atoms with E-state index >= 15 is 0 Å². The molecule has 0 bridgehead atoms. The lowest BCUT2D eigenvalue weighted by Crippen LogP contribution is -2.28. The largest absolute Gasteiger partial charge is 0.385 e. The Bertz CT molecular complexity index is 951. The smallest absolute Gasteiger partial charge is 0.0399 e. The highest BCUT2D eigenvalue weighted by atomic mass is 35.5. The topological polar surface area (TPSA) is 27.3 Å². The van der Waals surface area contributed by atoms with Gasteiger partial charge in [0, 0.05) is 44.1 Å². The monoisotopic (exact) mass is 493 g/mol. The van der Waals surface area contributed by atoms with Gasteiger partial charge in [0.2, 0.25) is 0 Å². The van der Waals surface area contributed by atoms with Gasteiger partial charge in [0.1, 0.15) is 0 Å². The van der Waals surface area contributed by atoms with Crippen molar-refractivity contribution in [1.82, 2.24) is 4.90 Å². The van der Waals surface area contributed by atoms with Crippen LogP contribution in [0, 0.1) is 41.5 Å². The van der Waals surface area contributed by atoms with Crippen LogP contribution in [0.25, 0.3) is 0 Å². The quantitative estimate of drug-likeness (QED) is 0.252. The molecule has 3 aromatic rings. The number of aryl methyl sites for hydroxylation is 6. The molecule has 0 aromatic heterocycles. The maximum atomic E-state index is 3.69. The SMILES string of the molecule is Cc1cc(C)c(NCCCN(CCCNc2c(C)cc(C)cc2C)Cc2ccccc2)c(C)c1.Cl. The molecule has 3 nitrogen and oxygen atoms in total. The molecule has 0 saturated carbocycles. The third-order valence-corrected chi connectivity index (χ3v) is 6.51. The fourth-order valence-corrected chi connectivity index (χ4v) is 5.06. The first-order valence-electron chi connectivity index (χ1n) is 12.7. The molecule has 0 fully saturated rings. The summed E-state index contributed by atoms with van der Waals surface area (Å²) in [6, 6.07) is 19.9. The highest BCUT2D eigenvalue weighted by molar-refractivity contribution is 5.85. The molecule has 0 aliphatic carbocycles. The molecule has 0 atom stereocenters. The van der Waals surface area contributed by atoms with Gasteiger partial charge in [-0.25, -0.2) is 0 Å². The number of anilines is 2. The van der Waals surface area contributed by atoms with Crippen LogP contribution in [0.2, 0.25) is 0 Å². The minimum atomic E-state index is 0. The molecule has 4 heteroatoms. The summed E-state index contributed by atoms with van der Waals surface area (Å²) >= 11 is 0. The second-order valence-corrected chi connectivity index (χ2v) is 9.87. The van der Waals surface area contributed by atoms with Crippen molar-refractivity contribution in [3.8, 4) is 0 Å². The first-order chi connectivity index (χ1) is 16.3. The summed E-state index contributed by atoms with van der Waals surface area (Å²) in [5.41, 5.74) is 12.0. The van der Waals surface area contributed by atoms with Crippen molar-refractivity contribution in [3.63, 3.8) is 0 Å². The van der Waals surface area contributed by atoms with Crippen molar-refractivity contribution in [1.29, 1.82) is 0 Å². The third-order valence-electron chi connectivity index (χ3n) is 6.51. The van der Waals surface area contributed by atoms with Gasteiger partial charge in [0.15, 0.2) is 0 Å². The lowest BCUT2D eigenvalue weighted by molar-refractivity contribution is 0.263. The molecule has 0 spiro atoms. The van der Waals surface area contributed by atoms with Crippen molar-refractivity contribution < 1.29 is 0 Å². The molecule has 3 aromatic carbocycles. The molecule has 0 heterocycles. The van der Waals surface area contributed by atoms with Gasteiger partial charge < -0.3 is 10.6 Å². The molecular weight excluding hydrogens is 450 g/mol. The number of rotatable bonds is 12. The standard InChI is InChI=1S/C31H43N3.ClH/c1-23-18-25(3)30(26(4)19-23)32-14-10-16-34(22-29-12-8-7-9-13-29)17-11-15-33-31-27(5)20-24(2)21-28(31)6;/h7-9,12-13,18-21,32-33H,10-11,14-17,22H2,1-6H3;1H. The fourth-order valence-electron chi connectivity index (χ4n) is 5.06. The summed E-state index contributed by atoms with van der Waals surface area (Å²) in [7, 11) is 0. The predicted molar refractivity (Wildman–Crippen MR) is 156 cm³/mol. The van der Waals surface area contributed by atoms with Gasteiger partial charge in [-0.05, 0) is 82.2 Å². The molecule has 0 saturated heterocycles. The summed E-state index contributed by atoms with van der Waals surface area (Å²) in [4.78, 5) is 2.60. The maximum absolute atomic E-state index is 3.69.